The Kier molecular flexibility index (Phi) is 5.81. The zero-order valence-corrected chi connectivity index (χ0v) is 14.7. The van der Waals surface area contributed by atoms with Crippen LogP contribution in [0, 0.1) is 0 Å². The first-order valence-corrected chi connectivity index (χ1v) is 8.04. The van der Waals surface area contributed by atoms with Crippen LogP contribution in [0.1, 0.15) is 12.5 Å². The molecule has 0 heterocycles. The summed E-state index contributed by atoms with van der Waals surface area (Å²) in [5, 5.41) is 4.77. The van der Waals surface area contributed by atoms with Crippen molar-refractivity contribution >= 4 is 46.4 Å². The molecule has 1 N–H and O–H groups in total. The second kappa shape index (κ2) is 7.21. The lowest BCUT2D eigenvalue weighted by molar-refractivity contribution is 0.608. The van der Waals surface area contributed by atoms with Gasteiger partial charge in [0.1, 0.15) is 0 Å². The average Bonchev–Trinajstić information content (AvgIpc) is 2.46. The summed E-state index contributed by atoms with van der Waals surface area (Å²) < 4.78 is 0. The van der Waals surface area contributed by atoms with Crippen molar-refractivity contribution in [3.8, 4) is 11.1 Å². The third-order valence-corrected chi connectivity index (χ3v) is 4.95. The molecule has 0 saturated heterocycles. The van der Waals surface area contributed by atoms with Crippen LogP contribution >= 0.6 is 46.4 Å². The molecule has 0 amide bonds. The molecule has 2 aromatic carbocycles. The van der Waals surface area contributed by atoms with Crippen LogP contribution in [0.15, 0.2) is 30.3 Å². The molecule has 0 aliphatic rings. The summed E-state index contributed by atoms with van der Waals surface area (Å²) in [6.07, 6.45) is 0.958. The van der Waals surface area contributed by atoms with Crippen molar-refractivity contribution in [1.29, 1.82) is 0 Å². The summed E-state index contributed by atoms with van der Waals surface area (Å²) in [5.74, 6) is 0. The third-order valence-electron chi connectivity index (χ3n) is 3.39. The Morgan fingerprint density at radius 2 is 1.57 bits per heavy atom. The summed E-state index contributed by atoms with van der Waals surface area (Å²) in [6.45, 7) is 2.14. The molecule has 2 rings (SSSR count). The Labute approximate surface area is 145 Å². The van der Waals surface area contributed by atoms with Crippen LogP contribution in [0.4, 0.5) is 0 Å². The largest absolute Gasteiger partial charge is 0.317 e. The fourth-order valence-corrected chi connectivity index (χ4v) is 3.22. The summed E-state index contributed by atoms with van der Waals surface area (Å²) in [5.41, 5.74) is 2.87. The second-order valence-corrected chi connectivity index (χ2v) is 6.50. The first kappa shape index (κ1) is 16.9. The molecule has 1 unspecified atom stereocenters. The van der Waals surface area contributed by atoms with Gasteiger partial charge in [-0.25, -0.2) is 0 Å². The maximum Gasteiger partial charge on any atom is 0.0785 e. The van der Waals surface area contributed by atoms with Crippen molar-refractivity contribution in [2.24, 2.45) is 0 Å². The molecule has 0 radical (unpaired) electrons. The first-order chi connectivity index (χ1) is 9.93. The smallest absolute Gasteiger partial charge is 0.0785 e. The number of nitrogens with one attached hydrogen (secondary N) is 1. The Hall–Kier alpha value is -0.440. The van der Waals surface area contributed by atoms with Gasteiger partial charge < -0.3 is 5.32 Å². The predicted molar refractivity (Wildman–Crippen MR) is 94.1 cm³/mol. The van der Waals surface area contributed by atoms with E-state index in [1.54, 1.807) is 6.07 Å². The number of benzene rings is 2. The number of hydrogen-bond donors (Lipinski definition) is 1. The quantitative estimate of drug-likeness (QED) is 0.510. The Morgan fingerprint density at radius 3 is 2.14 bits per heavy atom. The average molecular weight is 363 g/mol. The number of rotatable bonds is 4. The lowest BCUT2D eigenvalue weighted by atomic mass is 10.0. The highest BCUT2D eigenvalue weighted by molar-refractivity contribution is 6.51. The van der Waals surface area contributed by atoms with Gasteiger partial charge in [-0.15, -0.1) is 0 Å². The first-order valence-electron chi connectivity index (χ1n) is 6.53. The molecule has 5 heteroatoms. The van der Waals surface area contributed by atoms with Crippen molar-refractivity contribution in [3.63, 3.8) is 0 Å². The van der Waals surface area contributed by atoms with E-state index in [9.17, 15) is 0 Å². The highest BCUT2D eigenvalue weighted by Crippen LogP contribution is 2.42. The van der Waals surface area contributed by atoms with Gasteiger partial charge in [0.2, 0.25) is 0 Å². The summed E-state index contributed by atoms with van der Waals surface area (Å²) in [6, 6.07) is 10.2. The van der Waals surface area contributed by atoms with Gasteiger partial charge in [-0.3, -0.25) is 0 Å². The van der Waals surface area contributed by atoms with Gasteiger partial charge in [0.15, 0.2) is 0 Å². The molecule has 0 aliphatic carbocycles. The van der Waals surface area contributed by atoms with Crippen molar-refractivity contribution in [2.75, 3.05) is 7.05 Å². The van der Waals surface area contributed by atoms with Crippen LogP contribution in [0.3, 0.4) is 0 Å². The fraction of sp³-hybridized carbons (Fsp3) is 0.250. The zero-order chi connectivity index (χ0) is 15.6. The van der Waals surface area contributed by atoms with E-state index in [1.165, 1.54) is 5.56 Å². The van der Waals surface area contributed by atoms with Crippen molar-refractivity contribution in [2.45, 2.75) is 19.4 Å². The van der Waals surface area contributed by atoms with E-state index < -0.39 is 0 Å². The minimum atomic E-state index is 0.325. The summed E-state index contributed by atoms with van der Waals surface area (Å²) in [4.78, 5) is 0. The molecule has 1 nitrogen and oxygen atoms in total. The Morgan fingerprint density at radius 1 is 0.952 bits per heavy atom. The monoisotopic (exact) mass is 361 g/mol. The number of halogens is 4. The molecular formula is C16H15Cl4N. The van der Waals surface area contributed by atoms with Gasteiger partial charge in [0, 0.05) is 11.6 Å². The fourth-order valence-electron chi connectivity index (χ4n) is 2.09. The van der Waals surface area contributed by atoms with Crippen LogP contribution in [0.2, 0.25) is 20.1 Å². The SMILES string of the molecule is CNC(C)Cc1ccc(-c2c(Cl)cc(Cl)c(Cl)c2Cl)cc1. The minimum Gasteiger partial charge on any atom is -0.317 e. The molecule has 0 spiro atoms. The van der Waals surface area contributed by atoms with E-state index in [0.717, 1.165) is 12.0 Å². The van der Waals surface area contributed by atoms with Crippen LogP contribution in [-0.2, 0) is 6.42 Å². The normalized spacial score (nSPS) is 12.5. The highest BCUT2D eigenvalue weighted by atomic mass is 35.5. The molecule has 2 aromatic rings. The van der Waals surface area contributed by atoms with E-state index in [4.69, 9.17) is 46.4 Å². The van der Waals surface area contributed by atoms with Crippen molar-refractivity contribution < 1.29 is 0 Å². The van der Waals surface area contributed by atoms with E-state index >= 15 is 0 Å². The van der Waals surface area contributed by atoms with Gasteiger partial charge in [-0.1, -0.05) is 70.7 Å². The van der Waals surface area contributed by atoms with Gasteiger partial charge in [-0.05, 0) is 37.6 Å². The molecular weight excluding hydrogens is 348 g/mol. The molecule has 1 atom stereocenters. The maximum atomic E-state index is 6.27. The van der Waals surface area contributed by atoms with E-state index in [2.05, 4.69) is 24.4 Å². The topological polar surface area (TPSA) is 12.0 Å². The molecule has 0 bridgehead atoms. The Bertz CT molecular complexity index is 638. The Balaban J connectivity index is 2.38. The minimum absolute atomic E-state index is 0.325. The number of hydrogen-bond acceptors (Lipinski definition) is 1. The number of likely N-dealkylation sites (N-methyl/N-ethyl adjacent to an activating group) is 1. The van der Waals surface area contributed by atoms with Gasteiger partial charge in [0.05, 0.1) is 20.1 Å². The molecule has 112 valence electrons. The van der Waals surface area contributed by atoms with Gasteiger partial charge in [0.25, 0.3) is 0 Å². The van der Waals surface area contributed by atoms with E-state index in [0.29, 0.717) is 31.7 Å². The zero-order valence-electron chi connectivity index (χ0n) is 11.7. The van der Waals surface area contributed by atoms with Crippen molar-refractivity contribution in [3.05, 3.63) is 56.0 Å². The van der Waals surface area contributed by atoms with Crippen LogP contribution in [0.5, 0.6) is 0 Å². The lowest BCUT2D eigenvalue weighted by Gasteiger charge is -2.13. The van der Waals surface area contributed by atoms with Crippen LogP contribution in [-0.4, -0.2) is 13.1 Å². The molecule has 0 aromatic heterocycles. The highest BCUT2D eigenvalue weighted by Gasteiger charge is 2.15. The second-order valence-electron chi connectivity index (χ2n) is 4.93. The lowest BCUT2D eigenvalue weighted by Crippen LogP contribution is -2.23. The van der Waals surface area contributed by atoms with Crippen LogP contribution in [0.25, 0.3) is 11.1 Å². The van der Waals surface area contributed by atoms with Gasteiger partial charge in [-0.2, -0.15) is 0 Å². The molecule has 0 fully saturated rings. The third kappa shape index (κ3) is 3.85. The molecule has 0 saturated carbocycles. The predicted octanol–water partition coefficient (Wildman–Crippen LogP) is 6.12. The molecule has 21 heavy (non-hydrogen) atoms. The summed E-state index contributed by atoms with van der Waals surface area (Å²) >= 11 is 24.6. The van der Waals surface area contributed by atoms with Crippen molar-refractivity contribution in [1.82, 2.24) is 5.32 Å². The summed E-state index contributed by atoms with van der Waals surface area (Å²) in [7, 11) is 1.95. The van der Waals surface area contributed by atoms with Crippen LogP contribution < -0.4 is 5.32 Å². The van der Waals surface area contributed by atoms with E-state index in [1.807, 2.05) is 19.2 Å². The van der Waals surface area contributed by atoms with Gasteiger partial charge >= 0.3 is 0 Å². The maximum absolute atomic E-state index is 6.27. The molecule has 0 aliphatic heterocycles. The standard InChI is InChI=1S/C16H15Cl4N/c1-9(21-2)7-10-3-5-11(6-4-10)14-12(17)8-13(18)15(19)16(14)20/h3-6,8-9,21H,7H2,1-2H3. The van der Waals surface area contributed by atoms with E-state index in [-0.39, 0.29) is 0 Å².